The minimum atomic E-state index is -3.51. The lowest BCUT2D eigenvalue weighted by atomic mass is 9.87. The number of nitrogens with zero attached hydrogens (tertiary/aromatic N) is 1. The molecule has 0 aromatic heterocycles. The molecular formula is C13H17NO2S. The molecular weight excluding hydrogens is 234 g/mol. The molecule has 1 atom stereocenters. The molecule has 0 amide bonds. The summed E-state index contributed by atoms with van der Waals surface area (Å²) in [6, 6.07) is 8.51. The van der Waals surface area contributed by atoms with Crippen LogP contribution in [0.4, 0.5) is 0 Å². The molecule has 0 aliphatic rings. The van der Waals surface area contributed by atoms with Crippen LogP contribution in [0.15, 0.2) is 29.2 Å². The third-order valence-corrected chi connectivity index (χ3v) is 4.66. The lowest BCUT2D eigenvalue weighted by Crippen LogP contribution is -2.16. The summed E-state index contributed by atoms with van der Waals surface area (Å²) in [5.41, 5.74) is 1.06. The molecule has 3 nitrogen and oxygen atoms in total. The summed E-state index contributed by atoms with van der Waals surface area (Å²) in [5, 5.41) is 7.68. The first-order valence-electron chi connectivity index (χ1n) is 5.43. The van der Waals surface area contributed by atoms with Gasteiger partial charge in [-0.05, 0) is 30.0 Å². The van der Waals surface area contributed by atoms with Crippen molar-refractivity contribution in [2.24, 2.45) is 0 Å². The van der Waals surface area contributed by atoms with Crippen molar-refractivity contribution in [1.82, 2.24) is 0 Å². The second-order valence-corrected chi connectivity index (χ2v) is 7.36. The second kappa shape index (κ2) is 4.50. The maximum atomic E-state index is 11.9. The summed E-state index contributed by atoms with van der Waals surface area (Å²) in [6.07, 6.45) is 0. The van der Waals surface area contributed by atoms with Crippen LogP contribution in [0.2, 0.25) is 0 Å². The molecule has 1 unspecified atom stereocenters. The SMILES string of the molecule is CC(C#N)S(=O)(=O)c1ccc(C(C)(C)C)cc1. The van der Waals surface area contributed by atoms with Crippen molar-refractivity contribution in [2.45, 2.75) is 43.3 Å². The minimum Gasteiger partial charge on any atom is -0.222 e. The van der Waals surface area contributed by atoms with Gasteiger partial charge in [-0.15, -0.1) is 0 Å². The Morgan fingerprint density at radius 2 is 1.65 bits per heavy atom. The van der Waals surface area contributed by atoms with E-state index in [1.165, 1.54) is 6.92 Å². The van der Waals surface area contributed by atoms with Gasteiger partial charge >= 0.3 is 0 Å². The molecule has 0 aliphatic heterocycles. The number of hydrogen-bond acceptors (Lipinski definition) is 3. The quantitative estimate of drug-likeness (QED) is 0.812. The van der Waals surface area contributed by atoms with Gasteiger partial charge in [0.05, 0.1) is 11.0 Å². The summed E-state index contributed by atoms with van der Waals surface area (Å²) >= 11 is 0. The van der Waals surface area contributed by atoms with Crippen molar-refractivity contribution in [3.63, 3.8) is 0 Å². The topological polar surface area (TPSA) is 57.9 Å². The fourth-order valence-electron chi connectivity index (χ4n) is 1.42. The Bertz CT molecular complexity index is 530. The van der Waals surface area contributed by atoms with Crippen molar-refractivity contribution < 1.29 is 8.42 Å². The number of sulfone groups is 1. The highest BCUT2D eigenvalue weighted by Crippen LogP contribution is 2.24. The molecule has 0 spiro atoms. The van der Waals surface area contributed by atoms with E-state index in [9.17, 15) is 8.42 Å². The van der Waals surface area contributed by atoms with Gasteiger partial charge in [0.2, 0.25) is 0 Å². The Hall–Kier alpha value is -1.34. The molecule has 1 aromatic rings. The lowest BCUT2D eigenvalue weighted by Gasteiger charge is -2.19. The largest absolute Gasteiger partial charge is 0.222 e. The number of hydrogen-bond donors (Lipinski definition) is 0. The maximum absolute atomic E-state index is 11.9. The Balaban J connectivity index is 3.18. The van der Waals surface area contributed by atoms with Crippen molar-refractivity contribution in [1.29, 1.82) is 5.26 Å². The molecule has 0 saturated carbocycles. The normalized spacial score (nSPS) is 14.1. The first-order chi connectivity index (χ1) is 7.69. The first kappa shape index (κ1) is 13.7. The van der Waals surface area contributed by atoms with E-state index in [1.54, 1.807) is 30.3 Å². The highest BCUT2D eigenvalue weighted by Gasteiger charge is 2.23. The summed E-state index contributed by atoms with van der Waals surface area (Å²) in [6.45, 7) is 7.59. The lowest BCUT2D eigenvalue weighted by molar-refractivity contribution is 0.585. The van der Waals surface area contributed by atoms with Gasteiger partial charge < -0.3 is 0 Å². The van der Waals surface area contributed by atoms with Crippen molar-refractivity contribution in [2.75, 3.05) is 0 Å². The average Bonchev–Trinajstić information content (AvgIpc) is 2.27. The molecule has 92 valence electrons. The first-order valence-corrected chi connectivity index (χ1v) is 6.98. The molecule has 0 heterocycles. The molecule has 0 N–H and O–H groups in total. The zero-order valence-corrected chi connectivity index (χ0v) is 11.4. The molecule has 0 saturated heterocycles. The average molecular weight is 251 g/mol. The number of benzene rings is 1. The van der Waals surface area contributed by atoms with E-state index in [4.69, 9.17) is 5.26 Å². The predicted octanol–water partition coefficient (Wildman–Crippen LogP) is 2.67. The molecule has 0 aliphatic carbocycles. The third-order valence-electron chi connectivity index (χ3n) is 2.70. The molecule has 0 bridgehead atoms. The number of rotatable bonds is 2. The van der Waals surface area contributed by atoms with Crippen LogP contribution in [-0.4, -0.2) is 13.7 Å². The van der Waals surface area contributed by atoms with E-state index in [0.29, 0.717) is 0 Å². The minimum absolute atomic E-state index is 0.0108. The zero-order valence-electron chi connectivity index (χ0n) is 10.6. The van der Waals surface area contributed by atoms with Gasteiger partial charge in [-0.3, -0.25) is 0 Å². The molecule has 1 rings (SSSR count). The van der Waals surface area contributed by atoms with Crippen LogP contribution in [0.25, 0.3) is 0 Å². The van der Waals surface area contributed by atoms with E-state index in [1.807, 2.05) is 0 Å². The van der Waals surface area contributed by atoms with E-state index >= 15 is 0 Å². The molecule has 17 heavy (non-hydrogen) atoms. The van der Waals surface area contributed by atoms with Crippen LogP contribution >= 0.6 is 0 Å². The fourth-order valence-corrected chi connectivity index (χ4v) is 2.48. The summed E-state index contributed by atoms with van der Waals surface area (Å²) in [7, 11) is -3.51. The smallest absolute Gasteiger partial charge is 0.194 e. The highest BCUT2D eigenvalue weighted by atomic mass is 32.2. The molecule has 4 heteroatoms. The van der Waals surface area contributed by atoms with Gasteiger partial charge in [0.25, 0.3) is 0 Å². The molecule has 0 radical (unpaired) electrons. The Morgan fingerprint density at radius 3 is 2.00 bits per heavy atom. The van der Waals surface area contributed by atoms with E-state index < -0.39 is 15.1 Å². The second-order valence-electron chi connectivity index (χ2n) is 5.09. The summed E-state index contributed by atoms with van der Waals surface area (Å²) in [5.74, 6) is 0. The van der Waals surface area contributed by atoms with E-state index in [-0.39, 0.29) is 10.3 Å². The molecule has 0 fully saturated rings. The Kier molecular flexibility index (Phi) is 3.63. The van der Waals surface area contributed by atoms with Crippen LogP contribution in [0.3, 0.4) is 0 Å². The fraction of sp³-hybridized carbons (Fsp3) is 0.462. The van der Waals surface area contributed by atoms with Crippen LogP contribution in [0, 0.1) is 11.3 Å². The van der Waals surface area contributed by atoms with Gasteiger partial charge in [-0.25, -0.2) is 8.42 Å². The monoisotopic (exact) mass is 251 g/mol. The Morgan fingerprint density at radius 1 is 1.18 bits per heavy atom. The standard InChI is InChI=1S/C13H17NO2S/c1-10(9-14)17(15,16)12-7-5-11(6-8-12)13(2,3)4/h5-8,10H,1-4H3. The van der Waals surface area contributed by atoms with Crippen molar-refractivity contribution in [3.05, 3.63) is 29.8 Å². The third kappa shape index (κ3) is 2.86. The van der Waals surface area contributed by atoms with Crippen LogP contribution in [0.5, 0.6) is 0 Å². The molecule has 1 aromatic carbocycles. The predicted molar refractivity (Wildman–Crippen MR) is 67.4 cm³/mol. The highest BCUT2D eigenvalue weighted by molar-refractivity contribution is 7.92. The summed E-state index contributed by atoms with van der Waals surface area (Å²) < 4.78 is 23.8. The van der Waals surface area contributed by atoms with Gasteiger partial charge in [0.15, 0.2) is 9.84 Å². The van der Waals surface area contributed by atoms with Crippen LogP contribution in [-0.2, 0) is 15.3 Å². The zero-order chi connectivity index (χ0) is 13.3. The maximum Gasteiger partial charge on any atom is 0.194 e. The Labute approximate surface area is 103 Å². The van der Waals surface area contributed by atoms with Gasteiger partial charge in [0.1, 0.15) is 5.25 Å². The van der Waals surface area contributed by atoms with Gasteiger partial charge in [-0.2, -0.15) is 5.26 Å². The van der Waals surface area contributed by atoms with Gasteiger partial charge in [-0.1, -0.05) is 32.9 Å². The van der Waals surface area contributed by atoms with Crippen LogP contribution < -0.4 is 0 Å². The van der Waals surface area contributed by atoms with Crippen molar-refractivity contribution >= 4 is 9.84 Å². The van der Waals surface area contributed by atoms with Crippen LogP contribution in [0.1, 0.15) is 33.3 Å². The van der Waals surface area contributed by atoms with Crippen molar-refractivity contribution in [3.8, 4) is 6.07 Å². The van der Waals surface area contributed by atoms with Gasteiger partial charge in [0, 0.05) is 0 Å². The van der Waals surface area contributed by atoms with E-state index in [0.717, 1.165) is 5.56 Å². The van der Waals surface area contributed by atoms with E-state index in [2.05, 4.69) is 20.8 Å². The number of nitriles is 1. The summed E-state index contributed by atoms with van der Waals surface area (Å²) in [4.78, 5) is 0.208.